The second-order valence-electron chi connectivity index (χ2n) is 34.2. The van der Waals surface area contributed by atoms with Gasteiger partial charge in [-0.2, -0.15) is 0 Å². The third-order valence-corrected chi connectivity index (χ3v) is 21.8. The van der Waals surface area contributed by atoms with E-state index in [1.54, 1.807) is 135 Å². The van der Waals surface area contributed by atoms with Crippen LogP contribution in [-0.4, -0.2) is 201 Å². The molecule has 24 nitrogen and oxygen atoms in total. The molecule has 4 saturated heterocycles. The Hall–Kier alpha value is -7.16. The molecule has 120 heavy (non-hydrogen) atoms. The summed E-state index contributed by atoms with van der Waals surface area (Å²) in [5, 5.41) is 0. The first-order chi connectivity index (χ1) is 68.3. The number of benzene rings is 4. The van der Waals surface area contributed by atoms with Crippen LogP contribution in [0.2, 0.25) is 0 Å². The molecule has 4 fully saturated rings. The van der Waals surface area contributed by atoms with E-state index < -0.39 is 197 Å². The average Bonchev–Trinajstić information content (AvgIpc) is 0.682. The molecular formula is C96H152N8O16. The van der Waals surface area contributed by atoms with Gasteiger partial charge in [0.15, 0.2) is 46.0 Å². The molecular weight excluding hydrogens is 1520 g/mol. The van der Waals surface area contributed by atoms with E-state index in [4.69, 9.17) is 99.0 Å². The highest BCUT2D eigenvalue weighted by Gasteiger charge is 2.47. The minimum Gasteiger partial charge on any atom is -0.493 e. The smallest absolute Gasteiger partial charge is 0.323 e. The number of ether oxygens (including phenoxy) is 12. The van der Waals surface area contributed by atoms with Crippen molar-refractivity contribution in [3.05, 3.63) is 93.0 Å². The van der Waals surface area contributed by atoms with E-state index in [2.05, 4.69) is 0 Å². The normalized spacial score (nSPS) is 37.0. The molecule has 0 aliphatic carbocycles. The highest BCUT2D eigenvalue weighted by Crippen LogP contribution is 2.50. The topological polar surface area (TPSA) is 296 Å². The first-order valence-corrected chi connectivity index (χ1v) is 41.6. The maximum Gasteiger partial charge on any atom is 0.323 e. The van der Waals surface area contributed by atoms with Gasteiger partial charge < -0.3 is 79.8 Å². The van der Waals surface area contributed by atoms with E-state index in [1.807, 2.05) is 0 Å². The molecule has 0 spiro atoms. The van der Waals surface area contributed by atoms with Crippen molar-refractivity contribution in [1.29, 1.82) is 0 Å². The van der Waals surface area contributed by atoms with Gasteiger partial charge in [-0.1, -0.05) is 111 Å². The van der Waals surface area contributed by atoms with E-state index >= 15 is 0 Å². The van der Waals surface area contributed by atoms with Crippen LogP contribution in [0.5, 0.6) is 46.0 Å². The van der Waals surface area contributed by atoms with E-state index in [-0.39, 0.29) is 134 Å². The van der Waals surface area contributed by atoms with Gasteiger partial charge in [0, 0.05) is 153 Å². The second-order valence-corrected chi connectivity index (χ2v) is 34.2. The number of methoxy groups -OCH3 is 8. The fourth-order valence-electron chi connectivity index (χ4n) is 14.8. The summed E-state index contributed by atoms with van der Waals surface area (Å²) in [5.41, 5.74) is 27.5. The second kappa shape index (κ2) is 43.9. The van der Waals surface area contributed by atoms with Gasteiger partial charge in [0.25, 0.3) is 0 Å². The van der Waals surface area contributed by atoms with Crippen LogP contribution in [0.4, 0.5) is 0 Å². The van der Waals surface area contributed by atoms with Gasteiger partial charge in [-0.15, -0.1) is 0 Å². The molecule has 12 rings (SSSR count). The van der Waals surface area contributed by atoms with Crippen molar-refractivity contribution < 1.29 is 117 Å². The molecule has 4 aromatic carbocycles. The number of esters is 4. The molecule has 0 amide bonds. The Morgan fingerprint density at radius 3 is 0.683 bits per heavy atom. The third kappa shape index (κ3) is 23.8. The number of rotatable bonds is 28. The summed E-state index contributed by atoms with van der Waals surface area (Å²) in [6, 6.07) is 1.78. The maximum absolute atomic E-state index is 13.1. The largest absolute Gasteiger partial charge is 0.493 e. The SMILES string of the molecule is [2H]C([2H])([2H])Oc1cc2c(cc1OC)C1N(CC2)C([2H])([2H])C([2H])(CC(C)C)C([2H])(OC(=O)[C@@H](N)C(C)C)C1([2H])[2H].[2H]C([2H])([2H])Oc1cc2c(cc1OC)C1N(CC2)C([2H])([2H])C([2H])(CC(C)C)C([2H])(OC(=O)[C@@H](N)C(C)C)C1([2H])[2H].[2H]C1([2H])C2c3cc(OC)c(OC)cc3CCN2C([2H])([2H])C([2H])(CC(C)C)C1([2H])OC(=O)[C@@H](N)C(C)C.[2H]C1([2H])C2c3cc(OC)c(OC)cc3CCN2C([2H])([2H])C([2H])(CC(C)C)C1([2H])OC(=O)[C@@H](N)C(C)C. The predicted octanol–water partition coefficient (Wildman–Crippen LogP) is 14.3. The Kier molecular flexibility index (Phi) is 22.7. The summed E-state index contributed by atoms with van der Waals surface area (Å²) >= 11 is 0. The summed E-state index contributed by atoms with van der Waals surface area (Å²) in [7, 11) is 2.88. The summed E-state index contributed by atoms with van der Waals surface area (Å²) in [6.07, 6.45) is -22.8. The van der Waals surface area contributed by atoms with E-state index in [1.165, 1.54) is 86.5 Å². The highest BCUT2D eigenvalue weighted by atomic mass is 16.6. The standard InChI is InChI=1S/4C24H38N2O4/c4*1-14(2)9-17-13-26-8-7-16-10-21(28-5)22(29-6)11-18(16)19(26)12-20(17)30-24(27)23(25)15(3)4/h4*10-11,14-15,17,19-20,23H,7-9,12-13,25H2,1-6H3/t4*17?,19?,20?,23-/m0000/s1/i2*5D3,12D2,13D2,17D,20D;2*12D2,13D2,17D,20D. The van der Waals surface area contributed by atoms with Gasteiger partial charge in [0.1, 0.15) is 48.5 Å². The van der Waals surface area contributed by atoms with Gasteiger partial charge in [-0.3, -0.25) is 38.8 Å². The van der Waals surface area contributed by atoms with Gasteiger partial charge in [-0.05, 0) is 192 Å². The van der Waals surface area contributed by atoms with E-state index in [9.17, 15) is 41.1 Å². The van der Waals surface area contributed by atoms with Crippen LogP contribution in [0.25, 0.3) is 0 Å². The first kappa shape index (κ1) is 62.0. The van der Waals surface area contributed by atoms with Crippen molar-refractivity contribution in [3.63, 3.8) is 0 Å². The third-order valence-electron chi connectivity index (χ3n) is 21.8. The molecule has 8 aliphatic rings. The lowest BCUT2D eigenvalue weighted by molar-refractivity contribution is -0.161. The lowest BCUT2D eigenvalue weighted by Crippen LogP contribution is -2.51. The van der Waals surface area contributed by atoms with Crippen LogP contribution in [-0.2, 0) is 63.8 Å². The van der Waals surface area contributed by atoms with Crippen LogP contribution >= 0.6 is 0 Å². The molecule has 0 bridgehead atoms. The lowest BCUT2D eigenvalue weighted by Gasteiger charge is -2.47. The zero-order valence-electron chi connectivity index (χ0n) is 104. The van der Waals surface area contributed by atoms with Crippen molar-refractivity contribution in [1.82, 2.24) is 19.6 Å². The van der Waals surface area contributed by atoms with Crippen LogP contribution < -0.4 is 60.8 Å². The maximum atomic E-state index is 13.1. The molecule has 8 aliphatic heterocycles. The quantitative estimate of drug-likeness (QED) is 0.0303. The number of carbonyl (C=O) groups is 4. The Morgan fingerprint density at radius 1 is 0.333 bits per heavy atom. The summed E-state index contributed by atoms with van der Waals surface area (Å²) in [4.78, 5) is 57.2. The molecule has 4 aromatic rings. The van der Waals surface area contributed by atoms with Crippen molar-refractivity contribution in [3.8, 4) is 46.0 Å². The summed E-state index contributed by atoms with van der Waals surface area (Å²) in [6.45, 7) is 17.1. The van der Waals surface area contributed by atoms with Crippen LogP contribution in [0.15, 0.2) is 48.5 Å². The van der Waals surface area contributed by atoms with Crippen molar-refractivity contribution in [2.75, 3.05) is 109 Å². The molecule has 24 heteroatoms. The molecule has 672 valence electrons. The van der Waals surface area contributed by atoms with E-state index in [0.717, 1.165) is 0 Å². The van der Waals surface area contributed by atoms with Crippen LogP contribution in [0.3, 0.4) is 0 Å². The van der Waals surface area contributed by atoms with Gasteiger partial charge in [0.05, 0.1) is 70.4 Å². The summed E-state index contributed by atoms with van der Waals surface area (Å²) in [5.74, 6) is -15.8. The molecule has 12 unspecified atom stereocenters. The first-order valence-electron chi connectivity index (χ1n) is 56.6. The zero-order valence-corrected chi connectivity index (χ0v) is 74.0. The Morgan fingerprint density at radius 2 is 0.517 bits per heavy atom. The van der Waals surface area contributed by atoms with Crippen molar-refractivity contribution in [2.24, 2.45) is 93.9 Å². The number of hydrogen-bond acceptors (Lipinski definition) is 24. The zero-order chi connectivity index (χ0) is 115. The highest BCUT2D eigenvalue weighted by molar-refractivity contribution is 5.77. The molecule has 8 N–H and O–H groups in total. The molecule has 0 saturated carbocycles. The Labute approximate surface area is 760 Å². The number of hydrogen-bond donors (Lipinski definition) is 4. The number of piperidine rings is 4. The minimum absolute atomic E-state index is 0.0256. The average molecular weight is 1700 g/mol. The predicted molar refractivity (Wildman–Crippen MR) is 471 cm³/mol. The number of fused-ring (bicyclic) bond motifs is 12. The molecule has 0 radical (unpaired) electrons. The fourth-order valence-corrected chi connectivity index (χ4v) is 14.8. The Bertz CT molecular complexity index is 5190. The van der Waals surface area contributed by atoms with Gasteiger partial charge in [0.2, 0.25) is 0 Å². The monoisotopic (exact) mass is 1700 g/mol. The lowest BCUT2D eigenvalue weighted by atomic mass is 9.79. The van der Waals surface area contributed by atoms with Crippen LogP contribution in [0.1, 0.15) is 272 Å². The van der Waals surface area contributed by atoms with Crippen molar-refractivity contribution >= 4 is 23.9 Å². The number of nitrogens with zero attached hydrogens (tertiary/aromatic N) is 4. The Balaban J connectivity index is 0.000000222. The number of carbonyl (C=O) groups excluding carboxylic acids is 4. The summed E-state index contributed by atoms with van der Waals surface area (Å²) < 4.78 is 331. The van der Waals surface area contributed by atoms with E-state index in [0.29, 0.717) is 69.2 Å². The van der Waals surface area contributed by atoms with Crippen LogP contribution in [0, 0.1) is 70.9 Å². The number of nitrogens with two attached hydrogens (primary N) is 4. The molecule has 16 atom stereocenters. The molecule has 0 aromatic heterocycles. The van der Waals surface area contributed by atoms with Gasteiger partial charge >= 0.3 is 23.9 Å². The van der Waals surface area contributed by atoms with Gasteiger partial charge in [-0.25, -0.2) is 0 Å². The minimum atomic E-state index is -3.02. The molecule has 8 heterocycles. The fraction of sp³-hybridized carbons (Fsp3) is 0.708. The van der Waals surface area contributed by atoms with Crippen molar-refractivity contribution in [2.45, 2.75) is 260 Å².